The third-order valence-electron chi connectivity index (χ3n) is 4.96. The lowest BCUT2D eigenvalue weighted by molar-refractivity contribution is 0.0139. The number of anilines is 1. The molecule has 26 heavy (non-hydrogen) atoms. The van der Waals surface area contributed by atoms with Crippen molar-refractivity contribution in [1.82, 2.24) is 24.1 Å². The topological polar surface area (TPSA) is 115 Å². The van der Waals surface area contributed by atoms with Crippen LogP contribution in [0.3, 0.4) is 0 Å². The Labute approximate surface area is 151 Å². The van der Waals surface area contributed by atoms with E-state index >= 15 is 0 Å². The zero-order chi connectivity index (χ0) is 17.6. The minimum absolute atomic E-state index is 0. The molecule has 0 aliphatic heterocycles. The van der Waals surface area contributed by atoms with Crippen LogP contribution in [0.15, 0.2) is 37.2 Å². The van der Waals surface area contributed by atoms with Crippen LogP contribution < -0.4 is 5.73 Å². The molecule has 8 heteroatoms. The van der Waals surface area contributed by atoms with E-state index in [0.717, 1.165) is 11.1 Å². The summed E-state index contributed by atoms with van der Waals surface area (Å²) in [4.78, 5) is 12.3. The summed E-state index contributed by atoms with van der Waals surface area (Å²) in [6, 6.07) is 1.56. The zero-order valence-electron chi connectivity index (χ0n) is 13.8. The Hall–Kier alpha value is -2.71. The quantitative estimate of drug-likeness (QED) is 0.653. The number of imidazole rings is 1. The number of aryl methyl sites for hydroxylation is 1. The Morgan fingerprint density at radius 3 is 2.81 bits per heavy atom. The summed E-state index contributed by atoms with van der Waals surface area (Å²) in [6.45, 7) is 0. The van der Waals surface area contributed by atoms with Crippen molar-refractivity contribution in [3.8, 4) is 0 Å². The van der Waals surface area contributed by atoms with Crippen molar-refractivity contribution in [2.24, 2.45) is 13.0 Å². The summed E-state index contributed by atoms with van der Waals surface area (Å²) in [5.41, 5.74) is 7.49. The molecule has 4 atom stereocenters. The number of nitrogen functional groups attached to an aromatic ring is 1. The van der Waals surface area contributed by atoms with E-state index < -0.39 is 12.2 Å². The van der Waals surface area contributed by atoms with Gasteiger partial charge in [0.25, 0.3) is 0 Å². The summed E-state index contributed by atoms with van der Waals surface area (Å²) >= 11 is 0. The summed E-state index contributed by atoms with van der Waals surface area (Å²) < 4.78 is 3.77. The highest BCUT2D eigenvalue weighted by molar-refractivity contribution is 5.86. The van der Waals surface area contributed by atoms with Crippen molar-refractivity contribution in [1.29, 1.82) is 0 Å². The van der Waals surface area contributed by atoms with Gasteiger partial charge in [-0.05, 0) is 18.6 Å². The van der Waals surface area contributed by atoms with Gasteiger partial charge in [-0.1, -0.05) is 13.5 Å². The largest absolute Gasteiger partial charge is 0.390 e. The van der Waals surface area contributed by atoms with E-state index in [4.69, 9.17) is 5.73 Å². The number of hydrogen-bond acceptors (Lipinski definition) is 6. The first-order valence-corrected chi connectivity index (χ1v) is 8.14. The molecule has 4 rings (SSSR count). The van der Waals surface area contributed by atoms with Crippen molar-refractivity contribution in [3.05, 3.63) is 42.9 Å². The van der Waals surface area contributed by atoms with E-state index in [1.54, 1.807) is 12.5 Å². The minimum Gasteiger partial charge on any atom is -0.390 e. The van der Waals surface area contributed by atoms with Gasteiger partial charge in [0.1, 0.15) is 23.9 Å². The molecule has 0 spiro atoms. The molecule has 0 aromatic carbocycles. The number of fused-ring (bicyclic) bond motifs is 1. The van der Waals surface area contributed by atoms with Crippen molar-refractivity contribution < 1.29 is 10.2 Å². The number of aliphatic hydroxyl groups is 2. The summed E-state index contributed by atoms with van der Waals surface area (Å²) in [5.74, 6) is 0.246. The highest BCUT2D eigenvalue weighted by Crippen LogP contribution is 2.38. The molecule has 4 N–H and O–H groups in total. The van der Waals surface area contributed by atoms with Gasteiger partial charge in [0.2, 0.25) is 0 Å². The maximum Gasteiger partial charge on any atom is 0.145 e. The smallest absolute Gasteiger partial charge is 0.145 e. The molecule has 0 radical (unpaired) electrons. The number of rotatable bonds is 3. The lowest BCUT2D eigenvalue weighted by atomic mass is 10.0. The predicted octanol–water partition coefficient (Wildman–Crippen LogP) is 1.38. The average molecular weight is 356 g/mol. The molecule has 1 saturated carbocycles. The van der Waals surface area contributed by atoms with E-state index in [1.807, 2.05) is 40.6 Å². The molecule has 8 nitrogen and oxygen atoms in total. The lowest BCUT2D eigenvalue weighted by Crippen LogP contribution is -2.29. The standard InChI is InChI=1S/C17H20N6O2.CH4/c1-22-9-19-7-11(22)3-2-10-6-13(15(25)14(10)24)23-5-4-12-16(18)20-8-21-17(12)23;/h2-5,7-10,13-15,24-25H,6H2,1H3,(H2,18,20,21);1H4/b3-2+;/t10-,13+,14+,15-;/m0./s1. The van der Waals surface area contributed by atoms with Gasteiger partial charge in [-0.3, -0.25) is 0 Å². The molecular formula is C18H24N6O2. The van der Waals surface area contributed by atoms with Crippen LogP contribution in [0, 0.1) is 5.92 Å². The number of aromatic nitrogens is 5. The Morgan fingerprint density at radius 1 is 1.27 bits per heavy atom. The Morgan fingerprint density at radius 2 is 2.08 bits per heavy atom. The molecule has 3 aromatic heterocycles. The van der Waals surface area contributed by atoms with Gasteiger partial charge in [0, 0.05) is 19.2 Å². The third kappa shape index (κ3) is 2.87. The maximum atomic E-state index is 10.5. The first kappa shape index (κ1) is 18.1. The number of aliphatic hydroxyl groups excluding tert-OH is 2. The average Bonchev–Trinajstić information content (AvgIpc) is 3.27. The second-order valence-corrected chi connectivity index (χ2v) is 6.46. The van der Waals surface area contributed by atoms with Crippen LogP contribution >= 0.6 is 0 Å². The zero-order valence-corrected chi connectivity index (χ0v) is 13.8. The fourth-order valence-corrected chi connectivity index (χ4v) is 3.52. The van der Waals surface area contributed by atoms with E-state index in [-0.39, 0.29) is 19.4 Å². The number of nitrogens with zero attached hydrogens (tertiary/aromatic N) is 5. The first-order chi connectivity index (χ1) is 12.1. The summed E-state index contributed by atoms with van der Waals surface area (Å²) in [7, 11) is 1.91. The van der Waals surface area contributed by atoms with Gasteiger partial charge in [-0.25, -0.2) is 15.0 Å². The minimum atomic E-state index is -0.882. The van der Waals surface area contributed by atoms with Crippen LogP contribution in [0.1, 0.15) is 25.6 Å². The third-order valence-corrected chi connectivity index (χ3v) is 4.96. The molecular weight excluding hydrogens is 332 g/mol. The molecule has 0 bridgehead atoms. The van der Waals surface area contributed by atoms with Gasteiger partial charge in [0.05, 0.1) is 35.8 Å². The molecule has 0 unspecified atom stereocenters. The van der Waals surface area contributed by atoms with Crippen LogP contribution in [0.25, 0.3) is 17.1 Å². The fraction of sp³-hybridized carbons (Fsp3) is 0.389. The monoisotopic (exact) mass is 356 g/mol. The van der Waals surface area contributed by atoms with Crippen molar-refractivity contribution >= 4 is 22.9 Å². The molecule has 3 heterocycles. The maximum absolute atomic E-state index is 10.5. The van der Waals surface area contributed by atoms with Gasteiger partial charge >= 0.3 is 0 Å². The first-order valence-electron chi connectivity index (χ1n) is 8.14. The van der Waals surface area contributed by atoms with Gasteiger partial charge in [-0.2, -0.15) is 0 Å². The van der Waals surface area contributed by atoms with Crippen LogP contribution in [-0.4, -0.2) is 46.5 Å². The normalized spacial score (nSPS) is 25.8. The van der Waals surface area contributed by atoms with Crippen LogP contribution in [-0.2, 0) is 7.05 Å². The highest BCUT2D eigenvalue weighted by Gasteiger charge is 2.41. The Kier molecular flexibility index (Phi) is 4.80. The van der Waals surface area contributed by atoms with Crippen molar-refractivity contribution in [2.75, 3.05) is 5.73 Å². The Balaban J connectivity index is 0.00000196. The second-order valence-electron chi connectivity index (χ2n) is 6.46. The van der Waals surface area contributed by atoms with Crippen molar-refractivity contribution in [3.63, 3.8) is 0 Å². The van der Waals surface area contributed by atoms with Crippen LogP contribution in [0.4, 0.5) is 5.82 Å². The van der Waals surface area contributed by atoms with Crippen LogP contribution in [0.5, 0.6) is 0 Å². The number of hydrogen-bond donors (Lipinski definition) is 3. The van der Waals surface area contributed by atoms with Gasteiger partial charge in [-0.15, -0.1) is 0 Å². The fourth-order valence-electron chi connectivity index (χ4n) is 3.52. The van der Waals surface area contributed by atoms with E-state index in [2.05, 4.69) is 15.0 Å². The molecule has 1 fully saturated rings. The summed E-state index contributed by atoms with van der Waals surface area (Å²) in [5, 5.41) is 21.7. The highest BCUT2D eigenvalue weighted by atomic mass is 16.3. The molecule has 1 aliphatic rings. The molecule has 0 saturated heterocycles. The van der Waals surface area contributed by atoms with E-state index in [1.165, 1.54) is 6.33 Å². The van der Waals surface area contributed by atoms with Gasteiger partial charge in [0.15, 0.2) is 0 Å². The van der Waals surface area contributed by atoms with Gasteiger partial charge < -0.3 is 25.1 Å². The van der Waals surface area contributed by atoms with E-state index in [0.29, 0.717) is 17.9 Å². The second kappa shape index (κ2) is 6.89. The predicted molar refractivity (Wildman–Crippen MR) is 100 cm³/mol. The lowest BCUT2D eigenvalue weighted by Gasteiger charge is -2.18. The Bertz CT molecular complexity index is 931. The number of nitrogens with two attached hydrogens (primary N) is 1. The van der Waals surface area contributed by atoms with Crippen LogP contribution in [0.2, 0.25) is 0 Å². The SMILES string of the molecule is C.Cn1cncc1/C=C/[C@H]1C[C@@H](n2ccc3c(N)ncnc32)[C@H](O)[C@@H]1O. The van der Waals surface area contributed by atoms with E-state index in [9.17, 15) is 10.2 Å². The molecule has 1 aliphatic carbocycles. The molecule has 3 aromatic rings. The molecule has 138 valence electrons. The van der Waals surface area contributed by atoms with Crippen molar-refractivity contribution in [2.45, 2.75) is 32.1 Å². The molecule has 0 amide bonds. The summed E-state index contributed by atoms with van der Waals surface area (Å²) in [6.07, 6.45) is 9.45.